The zero-order chi connectivity index (χ0) is 30.8. The molecule has 0 saturated heterocycles. The van der Waals surface area contributed by atoms with Gasteiger partial charge in [-0.25, -0.2) is 9.97 Å². The largest absolute Gasteiger partial charge is 0.278 e. The minimum absolute atomic E-state index is 0.0908. The molecule has 0 atom stereocenters. The molecule has 0 spiro atoms. The first kappa shape index (κ1) is 26.6. The molecule has 2 aromatic heterocycles. The monoisotopic (exact) mass is 589 g/mol. The number of para-hydroxylation sites is 1. The molecule has 9 rings (SSSR count). The lowest BCUT2D eigenvalue weighted by Crippen LogP contribution is -2.15. The van der Waals surface area contributed by atoms with E-state index in [2.05, 4.69) is 158 Å². The molecule has 1 aliphatic carbocycles. The number of fused-ring (bicyclic) bond motifs is 6. The van der Waals surface area contributed by atoms with Gasteiger partial charge in [-0.3, -0.25) is 4.57 Å². The van der Waals surface area contributed by atoms with Gasteiger partial charge in [0, 0.05) is 27.9 Å². The van der Waals surface area contributed by atoms with Crippen molar-refractivity contribution in [3.05, 3.63) is 163 Å². The highest BCUT2D eigenvalue weighted by atomic mass is 15.2. The summed E-state index contributed by atoms with van der Waals surface area (Å²) in [5.74, 6) is 0.677. The molecule has 3 nitrogen and oxygen atoms in total. The van der Waals surface area contributed by atoms with Crippen LogP contribution in [0.4, 0.5) is 0 Å². The molecule has 0 saturated carbocycles. The molecule has 0 amide bonds. The fraction of sp³-hybridized carbons (Fsp3) is 0.0698. The van der Waals surface area contributed by atoms with Crippen LogP contribution in [-0.4, -0.2) is 14.5 Å². The lowest BCUT2D eigenvalue weighted by atomic mass is 9.82. The Labute approximate surface area is 268 Å². The average molecular weight is 590 g/mol. The van der Waals surface area contributed by atoms with Gasteiger partial charge in [-0.15, -0.1) is 0 Å². The molecule has 0 N–H and O–H groups in total. The zero-order valence-corrected chi connectivity index (χ0v) is 25.8. The first-order valence-corrected chi connectivity index (χ1v) is 15.8. The molecule has 8 aromatic rings. The summed E-state index contributed by atoms with van der Waals surface area (Å²) in [4.78, 5) is 10.00. The maximum atomic E-state index is 5.16. The van der Waals surface area contributed by atoms with E-state index >= 15 is 0 Å². The molecule has 0 unspecified atom stereocenters. The van der Waals surface area contributed by atoms with Crippen LogP contribution < -0.4 is 0 Å². The van der Waals surface area contributed by atoms with E-state index in [4.69, 9.17) is 9.97 Å². The van der Waals surface area contributed by atoms with Gasteiger partial charge in [0.1, 0.15) is 0 Å². The molecule has 218 valence electrons. The molecular weight excluding hydrogens is 558 g/mol. The highest BCUT2D eigenvalue weighted by Gasteiger charge is 2.36. The Bertz CT molecular complexity index is 2430. The quantitative estimate of drug-likeness (QED) is 0.204. The number of benzene rings is 6. The van der Waals surface area contributed by atoms with Gasteiger partial charge in [0.25, 0.3) is 0 Å². The summed E-state index contributed by atoms with van der Waals surface area (Å²) in [6.07, 6.45) is 1.88. The van der Waals surface area contributed by atoms with Crippen LogP contribution in [0, 0.1) is 0 Å². The minimum atomic E-state index is -0.0908. The van der Waals surface area contributed by atoms with Crippen molar-refractivity contribution in [1.29, 1.82) is 0 Å². The van der Waals surface area contributed by atoms with Crippen molar-refractivity contribution in [1.82, 2.24) is 14.5 Å². The third-order valence-electron chi connectivity index (χ3n) is 9.70. The fourth-order valence-corrected chi connectivity index (χ4v) is 7.34. The van der Waals surface area contributed by atoms with Crippen molar-refractivity contribution in [2.24, 2.45) is 0 Å². The number of aromatic nitrogens is 3. The van der Waals surface area contributed by atoms with Crippen molar-refractivity contribution >= 4 is 21.8 Å². The topological polar surface area (TPSA) is 30.7 Å². The van der Waals surface area contributed by atoms with E-state index in [1.165, 1.54) is 55.3 Å². The number of hydrogen-bond acceptors (Lipinski definition) is 2. The van der Waals surface area contributed by atoms with Crippen LogP contribution in [0.1, 0.15) is 25.0 Å². The molecule has 6 aromatic carbocycles. The second-order valence-corrected chi connectivity index (χ2v) is 12.7. The smallest absolute Gasteiger partial charge is 0.235 e. The van der Waals surface area contributed by atoms with Gasteiger partial charge in [0.15, 0.2) is 0 Å². The number of nitrogens with zero attached hydrogens (tertiary/aromatic N) is 3. The van der Waals surface area contributed by atoms with E-state index in [0.717, 1.165) is 22.3 Å². The van der Waals surface area contributed by atoms with Gasteiger partial charge in [-0.05, 0) is 74.8 Å². The summed E-state index contributed by atoms with van der Waals surface area (Å²) in [6.45, 7) is 4.66. The molecular formula is C43H31N3. The highest BCUT2D eigenvalue weighted by Crippen LogP contribution is 2.50. The van der Waals surface area contributed by atoms with Gasteiger partial charge < -0.3 is 0 Å². The molecule has 1 aliphatic rings. The Balaban J connectivity index is 1.14. The Morgan fingerprint density at radius 1 is 0.478 bits per heavy atom. The Kier molecular flexibility index (Phi) is 5.85. The lowest BCUT2D eigenvalue weighted by Gasteiger charge is -2.21. The van der Waals surface area contributed by atoms with E-state index in [0.29, 0.717) is 5.95 Å². The Morgan fingerprint density at radius 2 is 1.15 bits per heavy atom. The first-order valence-electron chi connectivity index (χ1n) is 15.8. The van der Waals surface area contributed by atoms with Crippen LogP contribution in [0.25, 0.3) is 72.4 Å². The molecule has 3 heteroatoms. The summed E-state index contributed by atoms with van der Waals surface area (Å²) < 4.78 is 2.23. The fourth-order valence-electron chi connectivity index (χ4n) is 7.34. The maximum absolute atomic E-state index is 5.16. The van der Waals surface area contributed by atoms with E-state index in [-0.39, 0.29) is 5.41 Å². The summed E-state index contributed by atoms with van der Waals surface area (Å²) in [5.41, 5.74) is 14.3. The SMILES string of the molecule is CC1(C)c2ccccc2-c2cc3c4ccccc4n(-c4nccc(-c5ccc(-c6cccc(-c7ccccc7)c6)cc5)n4)c3cc21. The highest BCUT2D eigenvalue weighted by molar-refractivity contribution is 6.11. The van der Waals surface area contributed by atoms with Crippen LogP contribution in [0.3, 0.4) is 0 Å². The summed E-state index contributed by atoms with van der Waals surface area (Å²) in [6, 6.07) is 52.1. The molecule has 0 aliphatic heterocycles. The molecule has 0 bridgehead atoms. The lowest BCUT2D eigenvalue weighted by molar-refractivity contribution is 0.661. The van der Waals surface area contributed by atoms with Crippen LogP contribution in [-0.2, 0) is 5.41 Å². The normalized spacial score (nSPS) is 13.2. The number of hydrogen-bond donors (Lipinski definition) is 0. The van der Waals surface area contributed by atoms with Gasteiger partial charge in [0.05, 0.1) is 16.7 Å². The predicted molar refractivity (Wildman–Crippen MR) is 190 cm³/mol. The van der Waals surface area contributed by atoms with Gasteiger partial charge in [-0.1, -0.05) is 129 Å². The maximum Gasteiger partial charge on any atom is 0.235 e. The van der Waals surface area contributed by atoms with Crippen LogP contribution in [0.2, 0.25) is 0 Å². The third-order valence-corrected chi connectivity index (χ3v) is 9.70. The molecule has 0 fully saturated rings. The zero-order valence-electron chi connectivity index (χ0n) is 25.8. The summed E-state index contributed by atoms with van der Waals surface area (Å²) in [7, 11) is 0. The van der Waals surface area contributed by atoms with Gasteiger partial charge in [-0.2, -0.15) is 0 Å². The molecule has 46 heavy (non-hydrogen) atoms. The van der Waals surface area contributed by atoms with Crippen LogP contribution in [0.5, 0.6) is 0 Å². The van der Waals surface area contributed by atoms with Crippen molar-refractivity contribution in [3.63, 3.8) is 0 Å². The van der Waals surface area contributed by atoms with E-state index in [1.807, 2.05) is 12.3 Å². The van der Waals surface area contributed by atoms with Crippen molar-refractivity contribution in [3.8, 4) is 50.6 Å². The van der Waals surface area contributed by atoms with Crippen molar-refractivity contribution in [2.75, 3.05) is 0 Å². The van der Waals surface area contributed by atoms with Gasteiger partial charge in [0.2, 0.25) is 5.95 Å². The standard InChI is InChI=1S/C43H31N3/c1-43(2)37-17-8-6-15-33(37)35-26-36-34-16-7-9-18-40(34)46(41(36)27-38(35)43)42-44-24-23-39(45-42)30-21-19-29(20-22-30)32-14-10-13-31(25-32)28-11-4-3-5-12-28/h3-27H,1-2H3. The van der Waals surface area contributed by atoms with Crippen LogP contribution >= 0.6 is 0 Å². The summed E-state index contributed by atoms with van der Waals surface area (Å²) >= 11 is 0. The van der Waals surface area contributed by atoms with E-state index < -0.39 is 0 Å². The third kappa shape index (κ3) is 4.05. The number of rotatable bonds is 4. The Hall–Kier alpha value is -5.80. The molecule has 0 radical (unpaired) electrons. The first-order chi connectivity index (χ1) is 22.6. The molecule has 2 heterocycles. The Morgan fingerprint density at radius 3 is 1.98 bits per heavy atom. The second-order valence-electron chi connectivity index (χ2n) is 12.7. The second kappa shape index (κ2) is 10.1. The average Bonchev–Trinajstić information content (AvgIpc) is 3.56. The summed E-state index contributed by atoms with van der Waals surface area (Å²) in [5, 5.41) is 2.43. The van der Waals surface area contributed by atoms with Crippen molar-refractivity contribution < 1.29 is 0 Å². The van der Waals surface area contributed by atoms with Crippen molar-refractivity contribution in [2.45, 2.75) is 19.3 Å². The van der Waals surface area contributed by atoms with E-state index in [1.54, 1.807) is 0 Å². The van der Waals surface area contributed by atoms with Gasteiger partial charge >= 0.3 is 0 Å². The van der Waals surface area contributed by atoms with Crippen LogP contribution in [0.15, 0.2) is 152 Å². The predicted octanol–water partition coefficient (Wildman–Crippen LogP) is 10.9. The minimum Gasteiger partial charge on any atom is -0.278 e. The van der Waals surface area contributed by atoms with E-state index in [9.17, 15) is 0 Å².